The Morgan fingerprint density at radius 3 is 2.54 bits per heavy atom. The molecule has 2 heterocycles. The van der Waals surface area contributed by atoms with E-state index in [0.29, 0.717) is 33.1 Å². The van der Waals surface area contributed by atoms with E-state index in [0.717, 1.165) is 0 Å². The van der Waals surface area contributed by atoms with Crippen molar-refractivity contribution in [3.63, 3.8) is 0 Å². The number of aromatic nitrogens is 1. The number of aliphatic imine (C=N–C) groups is 1. The lowest BCUT2D eigenvalue weighted by atomic mass is 10.3. The zero-order valence-corrected chi connectivity index (χ0v) is 15.6. The van der Waals surface area contributed by atoms with E-state index in [1.165, 1.54) is 18.6 Å². The third-order valence-corrected chi connectivity index (χ3v) is 4.16. The van der Waals surface area contributed by atoms with Crippen molar-refractivity contribution >= 4 is 35.2 Å². The molecule has 26 heavy (non-hydrogen) atoms. The number of nitrogens with two attached hydrogens (primary N) is 1. The highest BCUT2D eigenvalue weighted by atomic mass is 35.5. The summed E-state index contributed by atoms with van der Waals surface area (Å²) in [4.78, 5) is 15.9. The van der Waals surface area contributed by atoms with E-state index in [-0.39, 0.29) is 11.6 Å². The molecule has 3 rings (SSSR count). The van der Waals surface area contributed by atoms with Gasteiger partial charge in [-0.15, -0.1) is 0 Å². The third-order valence-electron chi connectivity index (χ3n) is 3.59. The Hall–Kier alpha value is -2.64. The van der Waals surface area contributed by atoms with Crippen LogP contribution in [-0.4, -0.2) is 10.9 Å². The molecule has 0 spiro atoms. The fourth-order valence-corrected chi connectivity index (χ4v) is 2.91. The summed E-state index contributed by atoms with van der Waals surface area (Å²) in [5, 5.41) is 2.19. The average molecular weight is 394 g/mol. The number of rotatable bonds is 4. The van der Waals surface area contributed by atoms with Gasteiger partial charge in [-0.3, -0.25) is 10.2 Å². The van der Waals surface area contributed by atoms with Crippen LogP contribution in [-0.2, 0) is 0 Å². The smallest absolute Gasteiger partial charge is 0.251 e. The van der Waals surface area contributed by atoms with Crippen molar-refractivity contribution in [2.24, 2.45) is 10.7 Å². The van der Waals surface area contributed by atoms with Gasteiger partial charge in [-0.2, -0.15) is 0 Å². The topological polar surface area (TPSA) is 84.9 Å². The Kier molecular flexibility index (Phi) is 5.11. The molecule has 0 atom stereocenters. The number of ether oxygens (including phenoxy) is 1. The lowest BCUT2D eigenvalue weighted by Crippen LogP contribution is -2.40. The van der Waals surface area contributed by atoms with Crippen LogP contribution in [0.1, 0.15) is 19.9 Å². The van der Waals surface area contributed by atoms with E-state index >= 15 is 0 Å². The predicted molar refractivity (Wildman–Crippen MR) is 104 cm³/mol. The van der Waals surface area contributed by atoms with Gasteiger partial charge in [0.15, 0.2) is 5.75 Å². The van der Waals surface area contributed by atoms with Crippen molar-refractivity contribution in [2.75, 3.05) is 5.01 Å². The van der Waals surface area contributed by atoms with Gasteiger partial charge in [0.25, 0.3) is 5.56 Å². The zero-order chi connectivity index (χ0) is 18.8. The molecule has 1 aromatic heterocycles. The summed E-state index contributed by atoms with van der Waals surface area (Å²) in [5.74, 6) is 1.14. The van der Waals surface area contributed by atoms with Gasteiger partial charge in [-0.05, 0) is 32.0 Å². The standard InChI is InChI=1S/C17H17Cl2N5O2/c1-10(2)23-8-12(3-4-16(23)25)26-17-13(18)5-11(6-14(17)19)24-9-21-7-15(20)22-24/h3-10,22H,20H2,1-2H3. The van der Waals surface area contributed by atoms with Crippen LogP contribution in [0.25, 0.3) is 0 Å². The molecule has 0 amide bonds. The number of anilines is 1. The molecule has 0 saturated carbocycles. The first-order valence-electron chi connectivity index (χ1n) is 7.79. The van der Waals surface area contributed by atoms with E-state index < -0.39 is 0 Å². The average Bonchev–Trinajstić information content (AvgIpc) is 2.59. The highest BCUT2D eigenvalue weighted by Crippen LogP contribution is 2.39. The summed E-state index contributed by atoms with van der Waals surface area (Å²) in [6, 6.07) is 6.35. The minimum atomic E-state index is -0.110. The van der Waals surface area contributed by atoms with E-state index in [1.54, 1.807) is 34.0 Å². The molecule has 136 valence electrons. The first kappa shape index (κ1) is 18.2. The molecule has 0 bridgehead atoms. The maximum absolute atomic E-state index is 11.9. The Morgan fingerprint density at radius 1 is 1.23 bits per heavy atom. The van der Waals surface area contributed by atoms with Gasteiger partial charge in [-0.25, -0.2) is 10.0 Å². The summed E-state index contributed by atoms with van der Waals surface area (Å²) >= 11 is 12.7. The molecule has 0 radical (unpaired) electrons. The fraction of sp³-hybridized carbons (Fsp3) is 0.176. The second-order valence-corrected chi connectivity index (χ2v) is 6.69. The van der Waals surface area contributed by atoms with Gasteiger partial charge in [0.1, 0.15) is 17.9 Å². The van der Waals surface area contributed by atoms with Crippen LogP contribution in [0.5, 0.6) is 11.5 Å². The van der Waals surface area contributed by atoms with E-state index in [2.05, 4.69) is 10.4 Å². The van der Waals surface area contributed by atoms with Crippen molar-refractivity contribution in [3.8, 4) is 11.5 Å². The van der Waals surface area contributed by atoms with Crippen LogP contribution in [0.3, 0.4) is 0 Å². The van der Waals surface area contributed by atoms with Gasteiger partial charge in [0.2, 0.25) is 0 Å². The summed E-state index contributed by atoms with van der Waals surface area (Å²) in [6.07, 6.45) is 4.65. The molecular weight excluding hydrogens is 377 g/mol. The first-order chi connectivity index (χ1) is 12.3. The highest BCUT2D eigenvalue weighted by Gasteiger charge is 2.16. The summed E-state index contributed by atoms with van der Waals surface area (Å²) in [7, 11) is 0. The van der Waals surface area contributed by atoms with Crippen LogP contribution in [0.15, 0.2) is 52.3 Å². The molecule has 1 aliphatic rings. The largest absolute Gasteiger partial charge is 0.453 e. The first-order valence-corrected chi connectivity index (χ1v) is 8.54. The number of halogens is 2. The molecule has 0 aliphatic carbocycles. The second-order valence-electron chi connectivity index (χ2n) is 5.88. The Balaban J connectivity index is 1.90. The Labute approximate surface area is 160 Å². The number of nitrogens with zero attached hydrogens (tertiary/aromatic N) is 3. The van der Waals surface area contributed by atoms with Crippen molar-refractivity contribution in [2.45, 2.75) is 19.9 Å². The lowest BCUT2D eigenvalue weighted by molar-refractivity contribution is 0.466. The molecule has 2 aromatic rings. The maximum Gasteiger partial charge on any atom is 0.251 e. The van der Waals surface area contributed by atoms with Gasteiger partial charge in [0.05, 0.1) is 28.1 Å². The lowest BCUT2D eigenvalue weighted by Gasteiger charge is -2.24. The van der Waals surface area contributed by atoms with E-state index in [4.69, 9.17) is 33.7 Å². The molecule has 0 fully saturated rings. The van der Waals surface area contributed by atoms with Crippen LogP contribution < -0.4 is 26.5 Å². The van der Waals surface area contributed by atoms with Crippen LogP contribution in [0, 0.1) is 0 Å². The highest BCUT2D eigenvalue weighted by molar-refractivity contribution is 6.37. The summed E-state index contributed by atoms with van der Waals surface area (Å²) < 4.78 is 7.38. The van der Waals surface area contributed by atoms with Crippen LogP contribution in [0.4, 0.5) is 5.69 Å². The fourth-order valence-electron chi connectivity index (χ4n) is 2.36. The Bertz CT molecular complexity index is 929. The zero-order valence-electron chi connectivity index (χ0n) is 14.1. The maximum atomic E-state index is 11.9. The van der Waals surface area contributed by atoms with Crippen molar-refractivity contribution in [1.29, 1.82) is 0 Å². The van der Waals surface area contributed by atoms with Crippen molar-refractivity contribution in [3.05, 3.63) is 62.9 Å². The third kappa shape index (κ3) is 3.79. The molecular formula is C17H17Cl2N5O2. The molecule has 0 unspecified atom stereocenters. The van der Waals surface area contributed by atoms with Gasteiger partial charge >= 0.3 is 0 Å². The number of hydrogen-bond donors (Lipinski definition) is 2. The number of pyridine rings is 1. The van der Waals surface area contributed by atoms with Gasteiger partial charge in [0, 0.05) is 12.1 Å². The Morgan fingerprint density at radius 2 is 1.92 bits per heavy atom. The summed E-state index contributed by atoms with van der Waals surface area (Å²) in [5.41, 5.74) is 9.13. The number of hydrogen-bond acceptors (Lipinski definition) is 6. The molecule has 1 aromatic carbocycles. The van der Waals surface area contributed by atoms with Crippen molar-refractivity contribution < 1.29 is 4.74 Å². The molecule has 7 nitrogen and oxygen atoms in total. The van der Waals surface area contributed by atoms with Crippen molar-refractivity contribution in [1.82, 2.24) is 9.99 Å². The number of nitrogens with one attached hydrogen (secondary N) is 1. The van der Waals surface area contributed by atoms with Gasteiger partial charge < -0.3 is 15.0 Å². The quantitative estimate of drug-likeness (QED) is 0.827. The van der Waals surface area contributed by atoms with Crippen LogP contribution in [0.2, 0.25) is 10.0 Å². The van der Waals surface area contributed by atoms with E-state index in [1.807, 2.05) is 13.8 Å². The number of hydrazine groups is 1. The predicted octanol–water partition coefficient (Wildman–Crippen LogP) is 3.64. The second kappa shape index (κ2) is 7.31. The number of benzene rings is 1. The van der Waals surface area contributed by atoms with E-state index in [9.17, 15) is 4.79 Å². The SMILES string of the molecule is CC(C)n1cc(Oc2c(Cl)cc(N3C=NC=C(N)N3)cc2Cl)ccc1=O. The normalized spacial score (nSPS) is 13.6. The molecule has 9 heteroatoms. The van der Waals surface area contributed by atoms with Gasteiger partial charge in [-0.1, -0.05) is 23.2 Å². The minimum absolute atomic E-state index is 0.00217. The molecule has 3 N–H and O–H groups in total. The monoisotopic (exact) mass is 393 g/mol. The summed E-state index contributed by atoms with van der Waals surface area (Å²) in [6.45, 7) is 3.82. The van der Waals surface area contributed by atoms with Crippen LogP contribution >= 0.6 is 23.2 Å². The molecule has 0 saturated heterocycles. The minimum Gasteiger partial charge on any atom is -0.453 e. The molecule has 1 aliphatic heterocycles.